The minimum atomic E-state index is -0.258. The molecule has 0 aliphatic heterocycles. The Labute approximate surface area is 98.5 Å². The van der Waals surface area contributed by atoms with Crippen LogP contribution in [0.15, 0.2) is 18.2 Å². The van der Waals surface area contributed by atoms with Crippen molar-refractivity contribution in [3.05, 3.63) is 34.9 Å². The van der Waals surface area contributed by atoms with Crippen LogP contribution in [-0.4, -0.2) is 5.11 Å². The third kappa shape index (κ3) is 2.30. The van der Waals surface area contributed by atoms with Crippen molar-refractivity contribution in [2.24, 2.45) is 5.92 Å². The highest BCUT2D eigenvalue weighted by Crippen LogP contribution is 2.33. The molecule has 2 rings (SSSR count). The molecule has 0 bridgehead atoms. The maximum absolute atomic E-state index is 10.2. The van der Waals surface area contributed by atoms with Crippen LogP contribution in [0, 0.1) is 5.92 Å². The number of hydrogen-bond acceptors (Lipinski definition) is 1. The van der Waals surface area contributed by atoms with Gasteiger partial charge in [-0.3, -0.25) is 0 Å². The highest BCUT2D eigenvalue weighted by atomic mass is 16.3. The molecule has 1 aromatic carbocycles. The van der Waals surface area contributed by atoms with Crippen LogP contribution in [0.1, 0.15) is 62.3 Å². The van der Waals surface area contributed by atoms with Gasteiger partial charge in [-0.25, -0.2) is 0 Å². The van der Waals surface area contributed by atoms with Gasteiger partial charge in [0.2, 0.25) is 0 Å². The lowest BCUT2D eigenvalue weighted by atomic mass is 9.94. The lowest BCUT2D eigenvalue weighted by molar-refractivity contribution is 0.150. The van der Waals surface area contributed by atoms with Crippen molar-refractivity contribution >= 4 is 0 Å². The molecule has 0 amide bonds. The van der Waals surface area contributed by atoms with Crippen LogP contribution >= 0.6 is 0 Å². The molecule has 0 saturated carbocycles. The van der Waals surface area contributed by atoms with E-state index in [4.69, 9.17) is 0 Å². The fourth-order valence-corrected chi connectivity index (χ4v) is 2.54. The first-order chi connectivity index (χ1) is 7.58. The van der Waals surface area contributed by atoms with Crippen molar-refractivity contribution in [2.45, 2.75) is 52.1 Å². The minimum Gasteiger partial charge on any atom is -0.388 e. The Hall–Kier alpha value is -0.820. The molecule has 2 atom stereocenters. The van der Waals surface area contributed by atoms with E-state index < -0.39 is 0 Å². The Bertz CT molecular complexity index is 368. The molecule has 1 aliphatic rings. The summed E-state index contributed by atoms with van der Waals surface area (Å²) < 4.78 is 0. The van der Waals surface area contributed by atoms with Crippen molar-refractivity contribution in [3.8, 4) is 0 Å². The summed E-state index contributed by atoms with van der Waals surface area (Å²) in [7, 11) is 0. The van der Waals surface area contributed by atoms with E-state index in [2.05, 4.69) is 39.0 Å². The fourth-order valence-electron chi connectivity index (χ4n) is 2.54. The van der Waals surface area contributed by atoms with Gasteiger partial charge < -0.3 is 5.11 Å². The molecule has 1 N–H and O–H groups in total. The van der Waals surface area contributed by atoms with Gasteiger partial charge in [0.1, 0.15) is 0 Å². The molecular weight excluding hydrogens is 196 g/mol. The van der Waals surface area contributed by atoms with Crippen LogP contribution in [0.2, 0.25) is 0 Å². The van der Waals surface area contributed by atoms with Crippen LogP contribution in [-0.2, 0) is 6.42 Å². The van der Waals surface area contributed by atoms with Crippen molar-refractivity contribution in [1.82, 2.24) is 0 Å². The third-order valence-electron chi connectivity index (χ3n) is 3.73. The van der Waals surface area contributed by atoms with E-state index in [1.807, 2.05) is 0 Å². The molecule has 0 spiro atoms. The number of hydrogen-bond donors (Lipinski definition) is 1. The zero-order valence-corrected chi connectivity index (χ0v) is 10.5. The molecule has 1 aliphatic carbocycles. The van der Waals surface area contributed by atoms with Gasteiger partial charge in [0.15, 0.2) is 0 Å². The van der Waals surface area contributed by atoms with Crippen LogP contribution in [0.5, 0.6) is 0 Å². The zero-order valence-electron chi connectivity index (χ0n) is 10.5. The monoisotopic (exact) mass is 218 g/mol. The summed E-state index contributed by atoms with van der Waals surface area (Å²) in [6, 6.07) is 6.64. The van der Waals surface area contributed by atoms with Gasteiger partial charge in [0, 0.05) is 0 Å². The number of benzene rings is 1. The first-order valence-corrected chi connectivity index (χ1v) is 6.38. The SMILES string of the molecule is CC1CCc2ccc(C(C)C)cc2C(O)C1. The summed E-state index contributed by atoms with van der Waals surface area (Å²) in [5.41, 5.74) is 3.86. The number of aliphatic hydroxyl groups excluding tert-OH is 1. The van der Waals surface area contributed by atoms with E-state index in [0.29, 0.717) is 11.8 Å². The molecule has 2 unspecified atom stereocenters. The maximum Gasteiger partial charge on any atom is 0.0795 e. The second kappa shape index (κ2) is 4.58. The van der Waals surface area contributed by atoms with Gasteiger partial charge in [-0.1, -0.05) is 39.0 Å². The quantitative estimate of drug-likeness (QED) is 0.710. The smallest absolute Gasteiger partial charge is 0.0795 e. The topological polar surface area (TPSA) is 20.2 Å². The maximum atomic E-state index is 10.2. The summed E-state index contributed by atoms with van der Waals surface area (Å²) in [4.78, 5) is 0. The van der Waals surface area contributed by atoms with E-state index in [-0.39, 0.29) is 6.10 Å². The average molecular weight is 218 g/mol. The van der Waals surface area contributed by atoms with E-state index in [0.717, 1.165) is 12.8 Å². The summed E-state index contributed by atoms with van der Waals surface area (Å²) in [5, 5.41) is 10.2. The highest BCUT2D eigenvalue weighted by molar-refractivity contribution is 5.36. The molecule has 0 fully saturated rings. The third-order valence-corrected chi connectivity index (χ3v) is 3.73. The predicted octanol–water partition coefficient (Wildman–Crippen LogP) is 3.82. The second-order valence-electron chi connectivity index (χ2n) is 5.51. The van der Waals surface area contributed by atoms with E-state index >= 15 is 0 Å². The molecule has 1 heteroatoms. The van der Waals surface area contributed by atoms with Gasteiger partial charge in [-0.15, -0.1) is 0 Å². The molecule has 88 valence electrons. The molecule has 1 aromatic rings. The summed E-state index contributed by atoms with van der Waals surface area (Å²) in [5.74, 6) is 1.17. The lowest BCUT2D eigenvalue weighted by Crippen LogP contribution is -2.03. The van der Waals surface area contributed by atoms with E-state index in [9.17, 15) is 5.11 Å². The first kappa shape index (κ1) is 11.7. The van der Waals surface area contributed by atoms with Crippen LogP contribution in [0.25, 0.3) is 0 Å². The minimum absolute atomic E-state index is 0.258. The summed E-state index contributed by atoms with van der Waals surface area (Å²) in [6.07, 6.45) is 2.97. The average Bonchev–Trinajstić information content (AvgIpc) is 2.38. The largest absolute Gasteiger partial charge is 0.388 e. The van der Waals surface area contributed by atoms with Crippen LogP contribution in [0.3, 0.4) is 0 Å². The number of rotatable bonds is 1. The molecule has 0 heterocycles. The summed E-state index contributed by atoms with van der Waals surface area (Å²) >= 11 is 0. The molecule has 0 radical (unpaired) electrons. The molecule has 16 heavy (non-hydrogen) atoms. The number of aliphatic hydroxyl groups is 1. The normalized spacial score (nSPS) is 25.3. The molecular formula is C15H22O. The predicted molar refractivity (Wildman–Crippen MR) is 67.6 cm³/mol. The van der Waals surface area contributed by atoms with Gasteiger partial charge >= 0.3 is 0 Å². The molecule has 0 aromatic heterocycles. The Balaban J connectivity index is 2.37. The Kier molecular flexibility index (Phi) is 3.34. The number of aryl methyl sites for hydroxylation is 1. The Morgan fingerprint density at radius 3 is 2.75 bits per heavy atom. The first-order valence-electron chi connectivity index (χ1n) is 6.38. The standard InChI is InChI=1S/C15H22O/c1-10(2)13-7-6-12-5-4-11(3)8-15(16)14(12)9-13/h6-7,9-11,15-16H,4-5,8H2,1-3H3. The fraction of sp³-hybridized carbons (Fsp3) is 0.600. The van der Waals surface area contributed by atoms with Crippen molar-refractivity contribution in [2.75, 3.05) is 0 Å². The lowest BCUT2D eigenvalue weighted by Gasteiger charge is -2.15. The number of fused-ring (bicyclic) bond motifs is 1. The Morgan fingerprint density at radius 1 is 1.31 bits per heavy atom. The molecule has 1 nitrogen and oxygen atoms in total. The Morgan fingerprint density at radius 2 is 2.06 bits per heavy atom. The zero-order chi connectivity index (χ0) is 11.7. The van der Waals surface area contributed by atoms with Crippen LogP contribution < -0.4 is 0 Å². The van der Waals surface area contributed by atoms with Crippen molar-refractivity contribution in [1.29, 1.82) is 0 Å². The van der Waals surface area contributed by atoms with Crippen molar-refractivity contribution in [3.63, 3.8) is 0 Å². The van der Waals surface area contributed by atoms with Gasteiger partial charge in [-0.05, 0) is 47.8 Å². The summed E-state index contributed by atoms with van der Waals surface area (Å²) in [6.45, 7) is 6.64. The van der Waals surface area contributed by atoms with Crippen molar-refractivity contribution < 1.29 is 5.11 Å². The van der Waals surface area contributed by atoms with E-state index in [1.54, 1.807) is 0 Å². The molecule has 0 saturated heterocycles. The van der Waals surface area contributed by atoms with E-state index in [1.165, 1.54) is 23.1 Å². The second-order valence-corrected chi connectivity index (χ2v) is 5.51. The van der Waals surface area contributed by atoms with Gasteiger partial charge in [0.25, 0.3) is 0 Å². The highest BCUT2D eigenvalue weighted by Gasteiger charge is 2.20. The van der Waals surface area contributed by atoms with Crippen LogP contribution in [0.4, 0.5) is 0 Å². The van der Waals surface area contributed by atoms with Gasteiger partial charge in [0.05, 0.1) is 6.10 Å². The van der Waals surface area contributed by atoms with Gasteiger partial charge in [-0.2, -0.15) is 0 Å².